The maximum atomic E-state index is 13.7. The largest absolute Gasteiger partial charge is 0.490 e. The number of nitrogens with zero attached hydrogens (tertiary/aromatic N) is 2. The summed E-state index contributed by atoms with van der Waals surface area (Å²) in [7, 11) is 1.31. The molecule has 39 heavy (non-hydrogen) atoms. The van der Waals surface area contributed by atoms with Crippen LogP contribution in [0.1, 0.15) is 31.9 Å². The number of benzene rings is 3. The first-order chi connectivity index (χ1) is 18.5. The number of rotatable bonds is 11. The van der Waals surface area contributed by atoms with Gasteiger partial charge in [0.2, 0.25) is 11.7 Å². The molecule has 0 bridgehead atoms. The molecule has 3 aromatic rings. The summed E-state index contributed by atoms with van der Waals surface area (Å²) in [4.78, 5) is 39.4. The number of nitro benzene ring substituents is 1. The normalized spacial score (nSPS) is 11.8. The predicted molar refractivity (Wildman–Crippen MR) is 149 cm³/mol. The molecular formula is C29H32ClN3O6. The molecule has 206 valence electrons. The number of nitro groups is 1. The number of ether oxygens (including phenoxy) is 2. The Balaban J connectivity index is 1.94. The highest BCUT2D eigenvalue weighted by atomic mass is 35.5. The summed E-state index contributed by atoms with van der Waals surface area (Å²) in [6.07, 6.45) is 0.268. The Morgan fingerprint density at radius 3 is 2.33 bits per heavy atom. The lowest BCUT2D eigenvalue weighted by Gasteiger charge is -2.34. The van der Waals surface area contributed by atoms with Gasteiger partial charge in [0, 0.05) is 35.7 Å². The van der Waals surface area contributed by atoms with Gasteiger partial charge in [0.15, 0.2) is 6.61 Å². The van der Waals surface area contributed by atoms with Crippen LogP contribution in [0.25, 0.3) is 0 Å². The van der Waals surface area contributed by atoms with E-state index in [2.05, 4.69) is 5.32 Å². The molecule has 9 nitrogen and oxygen atoms in total. The molecule has 0 saturated carbocycles. The summed E-state index contributed by atoms with van der Waals surface area (Å²) >= 11 is 6.43. The molecular weight excluding hydrogens is 522 g/mol. The Morgan fingerprint density at radius 1 is 1.05 bits per heavy atom. The van der Waals surface area contributed by atoms with E-state index in [1.807, 2.05) is 57.2 Å². The molecule has 3 rings (SSSR count). The van der Waals surface area contributed by atoms with Crippen molar-refractivity contribution in [2.75, 3.05) is 13.7 Å². The topological polar surface area (TPSA) is 111 Å². The zero-order valence-electron chi connectivity index (χ0n) is 22.3. The first kappa shape index (κ1) is 29.4. The highest BCUT2D eigenvalue weighted by Gasteiger charge is 2.33. The van der Waals surface area contributed by atoms with Crippen LogP contribution in [-0.4, -0.2) is 46.9 Å². The van der Waals surface area contributed by atoms with Crippen LogP contribution in [0.5, 0.6) is 11.5 Å². The van der Waals surface area contributed by atoms with E-state index >= 15 is 0 Å². The first-order valence-corrected chi connectivity index (χ1v) is 12.7. The second-order valence-electron chi connectivity index (χ2n) is 9.94. The van der Waals surface area contributed by atoms with Crippen molar-refractivity contribution < 1.29 is 24.0 Å². The molecule has 0 aliphatic carbocycles. The summed E-state index contributed by atoms with van der Waals surface area (Å²) in [5, 5.41) is 14.7. The van der Waals surface area contributed by atoms with Crippen LogP contribution < -0.4 is 14.8 Å². The minimum atomic E-state index is -0.870. The molecule has 0 saturated heterocycles. The molecule has 0 aliphatic rings. The van der Waals surface area contributed by atoms with Crippen LogP contribution in [0.15, 0.2) is 72.8 Å². The summed E-state index contributed by atoms with van der Waals surface area (Å²) in [5.74, 6) is -0.562. The van der Waals surface area contributed by atoms with E-state index in [1.165, 1.54) is 30.2 Å². The minimum Gasteiger partial charge on any atom is -0.490 e. The van der Waals surface area contributed by atoms with Gasteiger partial charge in [-0.15, -0.1) is 0 Å². The molecule has 0 spiro atoms. The van der Waals surface area contributed by atoms with Gasteiger partial charge in [-0.2, -0.15) is 0 Å². The van der Waals surface area contributed by atoms with Crippen molar-refractivity contribution in [2.45, 2.75) is 45.3 Å². The van der Waals surface area contributed by atoms with Crippen molar-refractivity contribution in [3.05, 3.63) is 99.1 Å². The van der Waals surface area contributed by atoms with E-state index in [1.54, 1.807) is 18.2 Å². The molecule has 0 fully saturated rings. The number of amides is 2. The molecule has 3 aromatic carbocycles. The number of carbonyl (C=O) groups excluding carboxylic acids is 2. The molecule has 1 N–H and O–H groups in total. The smallest absolute Gasteiger partial charge is 0.311 e. The number of hydrogen-bond donors (Lipinski definition) is 1. The van der Waals surface area contributed by atoms with E-state index < -0.39 is 29.0 Å². The third-order valence-corrected chi connectivity index (χ3v) is 6.15. The predicted octanol–water partition coefficient (Wildman–Crippen LogP) is 5.19. The molecule has 10 heteroatoms. The number of carbonyl (C=O) groups is 2. The monoisotopic (exact) mass is 553 g/mol. The van der Waals surface area contributed by atoms with Crippen LogP contribution in [0, 0.1) is 10.1 Å². The van der Waals surface area contributed by atoms with Crippen molar-refractivity contribution in [1.82, 2.24) is 10.2 Å². The quantitative estimate of drug-likeness (QED) is 0.258. The third kappa shape index (κ3) is 8.44. The van der Waals surface area contributed by atoms with Gasteiger partial charge in [0.05, 0.1) is 12.0 Å². The maximum absolute atomic E-state index is 13.7. The molecule has 0 aliphatic heterocycles. The standard InChI is InChI=1S/C29H32ClN3O6/c1-29(2,3)31-28(35)25(16-20-10-6-5-7-11-20)32(18-21-12-8-9-13-23(21)30)27(34)19-39-22-14-15-24(33(36)37)26(17-22)38-4/h5-15,17,25H,16,18-19H2,1-4H3,(H,31,35)/t25-/m0/s1. The third-order valence-electron chi connectivity index (χ3n) is 5.78. The molecule has 0 unspecified atom stereocenters. The number of methoxy groups -OCH3 is 1. The van der Waals surface area contributed by atoms with Gasteiger partial charge in [-0.25, -0.2) is 0 Å². The second-order valence-corrected chi connectivity index (χ2v) is 10.3. The number of hydrogen-bond acceptors (Lipinski definition) is 6. The van der Waals surface area contributed by atoms with Crippen LogP contribution in [0.3, 0.4) is 0 Å². The average Bonchev–Trinajstić information content (AvgIpc) is 2.89. The Bertz CT molecular complexity index is 1310. The summed E-state index contributed by atoms with van der Waals surface area (Å²) in [6, 6.07) is 19.7. The van der Waals surface area contributed by atoms with Crippen LogP contribution in [0.2, 0.25) is 5.02 Å². The maximum Gasteiger partial charge on any atom is 0.311 e. The van der Waals surface area contributed by atoms with Gasteiger partial charge in [-0.3, -0.25) is 19.7 Å². The van der Waals surface area contributed by atoms with Crippen molar-refractivity contribution in [2.24, 2.45) is 0 Å². The minimum absolute atomic E-state index is 0.00406. The van der Waals surface area contributed by atoms with Gasteiger partial charge in [-0.1, -0.05) is 60.1 Å². The van der Waals surface area contributed by atoms with E-state index in [0.29, 0.717) is 10.6 Å². The van der Waals surface area contributed by atoms with Gasteiger partial charge < -0.3 is 19.7 Å². The Hall–Kier alpha value is -4.11. The number of nitrogens with one attached hydrogen (secondary N) is 1. The highest BCUT2D eigenvalue weighted by Crippen LogP contribution is 2.31. The van der Waals surface area contributed by atoms with Crippen molar-refractivity contribution in [3.63, 3.8) is 0 Å². The molecule has 0 heterocycles. The van der Waals surface area contributed by atoms with Gasteiger partial charge in [0.1, 0.15) is 11.8 Å². The van der Waals surface area contributed by atoms with Crippen molar-refractivity contribution in [3.8, 4) is 11.5 Å². The summed E-state index contributed by atoms with van der Waals surface area (Å²) in [6.45, 7) is 5.27. The Labute approximate surface area is 232 Å². The lowest BCUT2D eigenvalue weighted by atomic mass is 10.0. The fraction of sp³-hybridized carbons (Fsp3) is 0.310. The van der Waals surface area contributed by atoms with E-state index in [4.69, 9.17) is 21.1 Å². The zero-order valence-corrected chi connectivity index (χ0v) is 23.1. The molecule has 0 aromatic heterocycles. The highest BCUT2D eigenvalue weighted by molar-refractivity contribution is 6.31. The fourth-order valence-corrected chi connectivity index (χ4v) is 4.14. The van der Waals surface area contributed by atoms with Crippen LogP contribution >= 0.6 is 11.6 Å². The lowest BCUT2D eigenvalue weighted by Crippen LogP contribution is -2.55. The van der Waals surface area contributed by atoms with Crippen LogP contribution in [-0.2, 0) is 22.6 Å². The van der Waals surface area contributed by atoms with Gasteiger partial charge in [0.25, 0.3) is 5.91 Å². The van der Waals surface area contributed by atoms with Crippen LogP contribution in [0.4, 0.5) is 5.69 Å². The van der Waals surface area contributed by atoms with E-state index in [9.17, 15) is 19.7 Å². The summed E-state index contributed by atoms with van der Waals surface area (Å²) in [5.41, 5.74) is 0.797. The summed E-state index contributed by atoms with van der Waals surface area (Å²) < 4.78 is 10.8. The molecule has 2 amide bonds. The Kier molecular flexibility index (Phi) is 9.89. The first-order valence-electron chi connectivity index (χ1n) is 12.3. The van der Waals surface area contributed by atoms with Gasteiger partial charge in [-0.05, 0) is 44.0 Å². The zero-order chi connectivity index (χ0) is 28.6. The molecule has 1 atom stereocenters. The van der Waals surface area contributed by atoms with E-state index in [0.717, 1.165) is 5.56 Å². The SMILES string of the molecule is COc1cc(OCC(=O)N(Cc2ccccc2Cl)[C@@H](Cc2ccccc2)C(=O)NC(C)(C)C)ccc1[N+](=O)[O-]. The molecule has 0 radical (unpaired) electrons. The van der Waals surface area contributed by atoms with Crippen molar-refractivity contribution in [1.29, 1.82) is 0 Å². The van der Waals surface area contributed by atoms with Gasteiger partial charge >= 0.3 is 5.69 Å². The second kappa shape index (κ2) is 13.1. The fourth-order valence-electron chi connectivity index (χ4n) is 3.94. The Morgan fingerprint density at radius 2 is 1.72 bits per heavy atom. The lowest BCUT2D eigenvalue weighted by molar-refractivity contribution is -0.385. The number of halogens is 1. The average molecular weight is 554 g/mol. The van der Waals surface area contributed by atoms with Crippen molar-refractivity contribution >= 4 is 29.1 Å². The van der Waals surface area contributed by atoms with E-state index in [-0.39, 0.29) is 36.1 Å².